The normalized spacial score (nSPS) is 10.9. The maximum Gasteiger partial charge on any atom is 0.323 e. The smallest absolute Gasteiger partial charge is 0.306 e. The molecule has 2 N–H and O–H groups in total. The predicted molar refractivity (Wildman–Crippen MR) is 78.3 cm³/mol. The van der Waals surface area contributed by atoms with Crippen LogP contribution in [0.2, 0.25) is 0 Å². The number of carbonyl (C=O) groups excluding carboxylic acids is 1. The van der Waals surface area contributed by atoms with E-state index in [-0.39, 0.29) is 11.5 Å². The second-order valence-electron chi connectivity index (χ2n) is 4.97. The minimum absolute atomic E-state index is 0.0444. The number of rotatable bonds is 2. The molecule has 0 saturated heterocycles. The van der Waals surface area contributed by atoms with E-state index < -0.39 is 0 Å². The van der Waals surface area contributed by atoms with Crippen LogP contribution in [0.15, 0.2) is 41.2 Å². The van der Waals surface area contributed by atoms with E-state index in [4.69, 9.17) is 0 Å². The summed E-state index contributed by atoms with van der Waals surface area (Å²) in [4.78, 5) is 29.0. The van der Waals surface area contributed by atoms with E-state index >= 15 is 0 Å². The maximum absolute atomic E-state index is 12.5. The number of hydrogen-bond donors (Lipinski definition) is 2. The van der Waals surface area contributed by atoms with E-state index in [9.17, 15) is 9.59 Å². The Morgan fingerprint density at radius 2 is 1.50 bits per heavy atom. The molecule has 100 valence electrons. The highest BCUT2D eigenvalue weighted by Crippen LogP contribution is 2.17. The van der Waals surface area contributed by atoms with Crippen molar-refractivity contribution in [3.05, 3.63) is 69.1 Å². The van der Waals surface area contributed by atoms with E-state index in [1.807, 2.05) is 32.0 Å². The summed E-state index contributed by atoms with van der Waals surface area (Å²) >= 11 is 0. The molecule has 0 atom stereocenters. The summed E-state index contributed by atoms with van der Waals surface area (Å²) in [5, 5.41) is 0. The second kappa shape index (κ2) is 4.49. The van der Waals surface area contributed by atoms with Crippen LogP contribution in [0, 0.1) is 13.8 Å². The molecule has 2 aromatic carbocycles. The summed E-state index contributed by atoms with van der Waals surface area (Å²) in [6, 6.07) is 10.8. The number of hydrogen-bond acceptors (Lipinski definition) is 2. The van der Waals surface area contributed by atoms with E-state index in [1.54, 1.807) is 18.2 Å². The summed E-state index contributed by atoms with van der Waals surface area (Å²) in [5.74, 6) is -0.0444. The van der Waals surface area contributed by atoms with Gasteiger partial charge < -0.3 is 9.97 Å². The summed E-state index contributed by atoms with van der Waals surface area (Å²) in [6.07, 6.45) is 0. The number of aromatic nitrogens is 2. The monoisotopic (exact) mass is 266 g/mol. The van der Waals surface area contributed by atoms with Crippen LogP contribution < -0.4 is 5.69 Å². The van der Waals surface area contributed by atoms with E-state index in [2.05, 4.69) is 9.97 Å². The van der Waals surface area contributed by atoms with Crippen LogP contribution in [-0.2, 0) is 0 Å². The Morgan fingerprint density at radius 1 is 0.850 bits per heavy atom. The Balaban J connectivity index is 2.07. The van der Waals surface area contributed by atoms with Crippen LogP contribution >= 0.6 is 0 Å². The van der Waals surface area contributed by atoms with Crippen molar-refractivity contribution in [3.8, 4) is 0 Å². The lowest BCUT2D eigenvalue weighted by atomic mass is 9.99. The van der Waals surface area contributed by atoms with Gasteiger partial charge in [-0.05, 0) is 49.2 Å². The molecule has 0 aliphatic carbocycles. The Kier molecular flexibility index (Phi) is 2.79. The summed E-state index contributed by atoms with van der Waals surface area (Å²) in [6.45, 7) is 4.00. The van der Waals surface area contributed by atoms with Gasteiger partial charge in [-0.1, -0.05) is 12.1 Å². The van der Waals surface area contributed by atoms with Crippen molar-refractivity contribution in [2.75, 3.05) is 0 Å². The molecule has 0 unspecified atom stereocenters. The highest BCUT2D eigenvalue weighted by atomic mass is 16.1. The topological polar surface area (TPSA) is 65.7 Å². The largest absolute Gasteiger partial charge is 0.323 e. The first-order valence-electron chi connectivity index (χ1n) is 6.38. The molecular weight excluding hydrogens is 252 g/mol. The predicted octanol–water partition coefficient (Wildman–Crippen LogP) is 2.70. The fourth-order valence-corrected chi connectivity index (χ4v) is 2.22. The molecule has 3 aromatic rings. The Morgan fingerprint density at radius 3 is 2.25 bits per heavy atom. The molecule has 0 bridgehead atoms. The highest BCUT2D eigenvalue weighted by molar-refractivity contribution is 6.10. The maximum atomic E-state index is 12.5. The zero-order valence-corrected chi connectivity index (χ0v) is 11.3. The molecule has 0 aliphatic rings. The number of H-pyrrole nitrogens is 2. The van der Waals surface area contributed by atoms with Crippen molar-refractivity contribution in [2.45, 2.75) is 13.8 Å². The van der Waals surface area contributed by atoms with Gasteiger partial charge in [-0.2, -0.15) is 0 Å². The highest BCUT2D eigenvalue weighted by Gasteiger charge is 2.11. The van der Waals surface area contributed by atoms with Crippen molar-refractivity contribution in [3.63, 3.8) is 0 Å². The van der Waals surface area contributed by atoms with Crippen LogP contribution in [0.5, 0.6) is 0 Å². The minimum Gasteiger partial charge on any atom is -0.306 e. The fraction of sp³-hybridized carbons (Fsp3) is 0.125. The van der Waals surface area contributed by atoms with E-state index in [0.29, 0.717) is 22.2 Å². The van der Waals surface area contributed by atoms with Crippen LogP contribution in [0.4, 0.5) is 0 Å². The summed E-state index contributed by atoms with van der Waals surface area (Å²) < 4.78 is 0. The standard InChI is InChI=1S/C16H14N2O2/c1-9-3-4-11(7-10(9)2)15(19)12-5-6-13-14(8-12)18-16(20)17-13/h3-8H,1-2H3,(H2,17,18,20). The number of ketones is 1. The second-order valence-corrected chi connectivity index (χ2v) is 4.97. The number of aromatic amines is 2. The lowest BCUT2D eigenvalue weighted by Crippen LogP contribution is -2.02. The molecular formula is C16H14N2O2. The molecule has 0 saturated carbocycles. The zero-order chi connectivity index (χ0) is 14.3. The summed E-state index contributed by atoms with van der Waals surface area (Å²) in [7, 11) is 0. The molecule has 0 aliphatic heterocycles. The minimum atomic E-state index is -0.268. The van der Waals surface area contributed by atoms with E-state index in [0.717, 1.165) is 11.1 Å². The molecule has 4 heteroatoms. The van der Waals surface area contributed by atoms with E-state index in [1.165, 1.54) is 0 Å². The molecule has 3 rings (SSSR count). The van der Waals surface area contributed by atoms with Crippen molar-refractivity contribution >= 4 is 16.8 Å². The van der Waals surface area contributed by atoms with Crippen LogP contribution in [0.25, 0.3) is 11.0 Å². The van der Waals surface area contributed by atoms with Crippen LogP contribution in [0.3, 0.4) is 0 Å². The number of fused-ring (bicyclic) bond motifs is 1. The van der Waals surface area contributed by atoms with Gasteiger partial charge in [0, 0.05) is 11.1 Å². The van der Waals surface area contributed by atoms with Gasteiger partial charge in [0.1, 0.15) is 0 Å². The first kappa shape index (κ1) is 12.4. The number of nitrogens with one attached hydrogen (secondary N) is 2. The van der Waals surface area contributed by atoms with Gasteiger partial charge in [-0.15, -0.1) is 0 Å². The van der Waals surface area contributed by atoms with Gasteiger partial charge >= 0.3 is 5.69 Å². The average Bonchev–Trinajstić information content (AvgIpc) is 2.80. The van der Waals surface area contributed by atoms with Crippen molar-refractivity contribution < 1.29 is 4.79 Å². The molecule has 0 radical (unpaired) electrons. The molecule has 0 amide bonds. The lowest BCUT2D eigenvalue weighted by molar-refractivity contribution is 0.103. The van der Waals surface area contributed by atoms with Gasteiger partial charge in [-0.3, -0.25) is 4.79 Å². The average molecular weight is 266 g/mol. The Labute approximate surface area is 115 Å². The quantitative estimate of drug-likeness (QED) is 0.700. The van der Waals surface area contributed by atoms with Gasteiger partial charge in [0.2, 0.25) is 0 Å². The van der Waals surface area contributed by atoms with Gasteiger partial charge in [0.15, 0.2) is 5.78 Å². The Bertz CT molecular complexity index is 872. The third kappa shape index (κ3) is 2.05. The van der Waals surface area contributed by atoms with Crippen LogP contribution in [0.1, 0.15) is 27.0 Å². The summed E-state index contributed by atoms with van der Waals surface area (Å²) in [5.41, 5.74) is 4.55. The first-order valence-corrected chi connectivity index (χ1v) is 6.38. The van der Waals surface area contributed by atoms with Crippen molar-refractivity contribution in [2.24, 2.45) is 0 Å². The van der Waals surface area contributed by atoms with Gasteiger partial charge in [0.05, 0.1) is 11.0 Å². The molecule has 4 nitrogen and oxygen atoms in total. The molecule has 0 fully saturated rings. The third-order valence-electron chi connectivity index (χ3n) is 3.55. The number of carbonyl (C=O) groups is 1. The van der Waals surface area contributed by atoms with Crippen LogP contribution in [-0.4, -0.2) is 15.8 Å². The third-order valence-corrected chi connectivity index (χ3v) is 3.55. The fourth-order valence-electron chi connectivity index (χ4n) is 2.22. The van der Waals surface area contributed by atoms with Gasteiger partial charge in [0.25, 0.3) is 0 Å². The van der Waals surface area contributed by atoms with Crippen molar-refractivity contribution in [1.29, 1.82) is 0 Å². The van der Waals surface area contributed by atoms with Crippen molar-refractivity contribution in [1.82, 2.24) is 9.97 Å². The molecule has 1 aromatic heterocycles. The molecule has 20 heavy (non-hydrogen) atoms. The number of imidazole rings is 1. The number of aryl methyl sites for hydroxylation is 2. The molecule has 1 heterocycles. The number of benzene rings is 2. The lowest BCUT2D eigenvalue weighted by Gasteiger charge is -2.05. The molecule has 0 spiro atoms. The SMILES string of the molecule is Cc1ccc(C(=O)c2ccc3[nH]c(=O)[nH]c3c2)cc1C. The zero-order valence-electron chi connectivity index (χ0n) is 11.3. The van der Waals surface area contributed by atoms with Gasteiger partial charge in [-0.25, -0.2) is 4.79 Å². The Hall–Kier alpha value is -2.62. The first-order chi connectivity index (χ1) is 9.54.